The molecule has 1 N–H and O–H groups in total. The SMILES string of the molecule is CC(=O)O.[Pt].c1ccc([PH+](c2ccccc2)c2ccccc2)cc1.c1ccc([PH+](c2ccccc2)c2ccccc2)cc1. The van der Waals surface area contributed by atoms with E-state index in [1.165, 1.54) is 31.8 Å². The monoisotopic (exact) mass is 781 g/mol. The maximum absolute atomic E-state index is 9.00. The molecule has 0 spiro atoms. The summed E-state index contributed by atoms with van der Waals surface area (Å²) in [6.07, 6.45) is 0. The van der Waals surface area contributed by atoms with Crippen molar-refractivity contribution in [1.29, 1.82) is 0 Å². The van der Waals surface area contributed by atoms with E-state index in [2.05, 4.69) is 182 Å². The van der Waals surface area contributed by atoms with Gasteiger partial charge in [-0.3, -0.25) is 4.79 Å². The molecule has 0 aliphatic carbocycles. The first-order chi connectivity index (χ1) is 20.6. The van der Waals surface area contributed by atoms with Crippen molar-refractivity contribution in [3.8, 4) is 0 Å². The Morgan fingerprint density at radius 3 is 0.605 bits per heavy atom. The van der Waals surface area contributed by atoms with Gasteiger partial charge in [-0.05, 0) is 72.8 Å². The van der Waals surface area contributed by atoms with Gasteiger partial charge < -0.3 is 5.11 Å². The van der Waals surface area contributed by atoms with E-state index in [4.69, 9.17) is 9.90 Å². The molecule has 0 heterocycles. The minimum absolute atomic E-state index is 0. The molecule has 6 aromatic carbocycles. The molecule has 0 unspecified atom stereocenters. The van der Waals surface area contributed by atoms with E-state index < -0.39 is 21.8 Å². The van der Waals surface area contributed by atoms with Gasteiger partial charge in [0, 0.05) is 28.0 Å². The molecule has 0 bridgehead atoms. The second kappa shape index (κ2) is 18.8. The van der Waals surface area contributed by atoms with Crippen LogP contribution in [-0.4, -0.2) is 11.1 Å². The quantitative estimate of drug-likeness (QED) is 0.198. The Morgan fingerprint density at radius 2 is 0.488 bits per heavy atom. The third-order valence-electron chi connectivity index (χ3n) is 6.37. The van der Waals surface area contributed by atoms with Crippen molar-refractivity contribution in [2.45, 2.75) is 6.92 Å². The van der Waals surface area contributed by atoms with Crippen molar-refractivity contribution < 1.29 is 31.0 Å². The van der Waals surface area contributed by atoms with Crippen molar-refractivity contribution in [3.05, 3.63) is 182 Å². The van der Waals surface area contributed by atoms with Crippen LogP contribution in [0.3, 0.4) is 0 Å². The van der Waals surface area contributed by atoms with E-state index in [1.54, 1.807) is 0 Å². The maximum atomic E-state index is 9.00. The number of aliphatic carboxylic acids is 1. The molecule has 6 rings (SSSR count). The van der Waals surface area contributed by atoms with Crippen LogP contribution in [0.25, 0.3) is 0 Å². The summed E-state index contributed by atoms with van der Waals surface area (Å²) in [5.74, 6) is -0.833. The third-order valence-corrected chi connectivity index (χ3v) is 11.8. The maximum Gasteiger partial charge on any atom is 0.300 e. The zero-order chi connectivity index (χ0) is 29.4. The topological polar surface area (TPSA) is 37.3 Å². The molecular formula is C38H36O2P2Pt+2. The van der Waals surface area contributed by atoms with Crippen molar-refractivity contribution in [1.82, 2.24) is 0 Å². The summed E-state index contributed by atoms with van der Waals surface area (Å²) in [6, 6.07) is 65.0. The summed E-state index contributed by atoms with van der Waals surface area (Å²) in [4.78, 5) is 9.00. The average Bonchev–Trinajstić information content (AvgIpc) is 3.05. The normalized spacial score (nSPS) is 9.93. The molecule has 0 saturated carbocycles. The van der Waals surface area contributed by atoms with E-state index in [0.29, 0.717) is 0 Å². The largest absolute Gasteiger partial charge is 0.481 e. The second-order valence-electron chi connectivity index (χ2n) is 9.47. The van der Waals surface area contributed by atoms with E-state index >= 15 is 0 Å². The minimum Gasteiger partial charge on any atom is -0.481 e. The second-order valence-corrected chi connectivity index (χ2v) is 14.4. The number of hydrogen-bond donors (Lipinski definition) is 1. The van der Waals surface area contributed by atoms with Gasteiger partial charge >= 0.3 is 0 Å². The first kappa shape index (κ1) is 33.8. The molecule has 43 heavy (non-hydrogen) atoms. The van der Waals surface area contributed by atoms with Crippen LogP contribution in [0.15, 0.2) is 182 Å². The summed E-state index contributed by atoms with van der Waals surface area (Å²) in [7, 11) is -1.75. The average molecular weight is 782 g/mol. The van der Waals surface area contributed by atoms with E-state index in [0.717, 1.165) is 6.92 Å². The predicted molar refractivity (Wildman–Crippen MR) is 186 cm³/mol. The van der Waals surface area contributed by atoms with Crippen LogP contribution >= 0.6 is 15.8 Å². The Bertz CT molecular complexity index is 1280. The molecule has 218 valence electrons. The van der Waals surface area contributed by atoms with Gasteiger partial charge in [0.2, 0.25) is 0 Å². The van der Waals surface area contributed by atoms with E-state index in [1.807, 2.05) is 0 Å². The van der Waals surface area contributed by atoms with Crippen LogP contribution in [0.5, 0.6) is 0 Å². The molecule has 0 aliphatic heterocycles. The smallest absolute Gasteiger partial charge is 0.300 e. The van der Waals surface area contributed by atoms with Gasteiger partial charge in [0.15, 0.2) is 0 Å². The van der Waals surface area contributed by atoms with E-state index in [-0.39, 0.29) is 21.1 Å². The van der Waals surface area contributed by atoms with Gasteiger partial charge in [-0.2, -0.15) is 0 Å². The third kappa shape index (κ3) is 10.8. The van der Waals surface area contributed by atoms with Crippen molar-refractivity contribution in [2.24, 2.45) is 0 Å². The Balaban J connectivity index is 0.000000206. The molecule has 0 atom stereocenters. The standard InChI is InChI=1S/2C18H15P.C2H4O2.Pt/c2*1-4-10-16(11-5-1)19(17-12-6-2-7-13-17)18-14-8-3-9-15-18;1-2(3)4;/h2*1-15H;1H3,(H,3,4);/p+2. The molecule has 5 heteroatoms. The molecule has 0 radical (unpaired) electrons. The Kier molecular flexibility index (Phi) is 14.8. The Morgan fingerprint density at radius 1 is 0.372 bits per heavy atom. The van der Waals surface area contributed by atoms with Gasteiger partial charge in [-0.15, -0.1) is 0 Å². The van der Waals surface area contributed by atoms with Crippen LogP contribution in [0.1, 0.15) is 6.92 Å². The van der Waals surface area contributed by atoms with Crippen molar-refractivity contribution >= 4 is 53.6 Å². The summed E-state index contributed by atoms with van der Waals surface area (Å²) in [5.41, 5.74) is 0. The van der Waals surface area contributed by atoms with Crippen molar-refractivity contribution in [3.63, 3.8) is 0 Å². The molecular weight excluding hydrogens is 745 g/mol. The van der Waals surface area contributed by atoms with Gasteiger partial charge in [-0.25, -0.2) is 0 Å². The Labute approximate surface area is 272 Å². The number of carboxylic acids is 1. The fourth-order valence-electron chi connectivity index (χ4n) is 4.63. The molecule has 0 amide bonds. The summed E-state index contributed by atoms with van der Waals surface area (Å²) in [5, 5.41) is 16.0. The van der Waals surface area contributed by atoms with Gasteiger partial charge in [0.1, 0.15) is 31.8 Å². The van der Waals surface area contributed by atoms with E-state index in [9.17, 15) is 0 Å². The molecule has 0 aromatic heterocycles. The van der Waals surface area contributed by atoms with Crippen LogP contribution in [0.2, 0.25) is 0 Å². The van der Waals surface area contributed by atoms with Crippen LogP contribution in [0.4, 0.5) is 0 Å². The first-order valence-electron chi connectivity index (χ1n) is 13.9. The fraction of sp³-hybridized carbons (Fsp3) is 0.0263. The molecule has 0 saturated heterocycles. The summed E-state index contributed by atoms with van der Waals surface area (Å²) in [6.45, 7) is 1.08. The van der Waals surface area contributed by atoms with Crippen LogP contribution < -0.4 is 31.8 Å². The number of benzene rings is 6. The minimum atomic E-state index is -0.877. The number of carboxylic acid groups (broad SMARTS) is 1. The fourth-order valence-corrected chi connectivity index (χ4v) is 9.78. The number of hydrogen-bond acceptors (Lipinski definition) is 1. The molecule has 0 fully saturated rings. The molecule has 0 aliphatic rings. The number of rotatable bonds is 6. The number of carbonyl (C=O) groups is 1. The first-order valence-corrected chi connectivity index (χ1v) is 16.9. The van der Waals surface area contributed by atoms with Crippen LogP contribution in [-0.2, 0) is 25.9 Å². The van der Waals surface area contributed by atoms with Crippen LogP contribution in [0, 0.1) is 0 Å². The zero-order valence-corrected chi connectivity index (χ0v) is 28.3. The molecule has 6 aromatic rings. The Hall–Kier alpha value is -3.66. The van der Waals surface area contributed by atoms with Gasteiger partial charge in [-0.1, -0.05) is 109 Å². The van der Waals surface area contributed by atoms with Crippen molar-refractivity contribution in [2.75, 3.05) is 0 Å². The summed E-state index contributed by atoms with van der Waals surface area (Å²) < 4.78 is 0. The predicted octanol–water partition coefficient (Wildman–Crippen LogP) is 6.44. The zero-order valence-electron chi connectivity index (χ0n) is 24.0. The van der Waals surface area contributed by atoms with Gasteiger partial charge in [0.25, 0.3) is 5.97 Å². The summed E-state index contributed by atoms with van der Waals surface area (Å²) >= 11 is 0. The van der Waals surface area contributed by atoms with Gasteiger partial charge in [0.05, 0.1) is 15.8 Å². The molecule has 2 nitrogen and oxygen atoms in total.